The third-order valence-corrected chi connectivity index (χ3v) is 2.84. The molecule has 0 bridgehead atoms. The molecule has 0 atom stereocenters. The van der Waals surface area contributed by atoms with Gasteiger partial charge in [0.25, 0.3) is 0 Å². The van der Waals surface area contributed by atoms with Crippen LogP contribution in [-0.2, 0) is 0 Å². The van der Waals surface area contributed by atoms with Gasteiger partial charge in [-0.15, -0.1) is 0 Å². The molecule has 0 aromatic heterocycles. The van der Waals surface area contributed by atoms with E-state index >= 15 is 0 Å². The highest BCUT2D eigenvalue weighted by molar-refractivity contribution is 5.31. The summed E-state index contributed by atoms with van der Waals surface area (Å²) in [7, 11) is 0. The summed E-state index contributed by atoms with van der Waals surface area (Å²) in [4.78, 5) is 0. The Balaban J connectivity index is 3.85. The summed E-state index contributed by atoms with van der Waals surface area (Å²) >= 11 is 0. The van der Waals surface area contributed by atoms with Crippen molar-refractivity contribution < 1.29 is 61.5 Å². The van der Waals surface area contributed by atoms with Gasteiger partial charge in [-0.3, -0.25) is 0 Å². The molecule has 126 valence electrons. The van der Waals surface area contributed by atoms with E-state index in [0.29, 0.717) is 0 Å². The molecular weight excluding hydrogens is 350 g/mol. The third kappa shape index (κ3) is 1.43. The van der Waals surface area contributed by atoms with Crippen molar-refractivity contribution in [3.63, 3.8) is 0 Å². The van der Waals surface area contributed by atoms with E-state index in [1.807, 2.05) is 0 Å². The molecule has 1 aliphatic carbocycles. The molecule has 0 amide bonds. The fraction of sp³-hybridized carbons (Fsp3) is 1.00. The van der Waals surface area contributed by atoms with Crippen LogP contribution in [0.5, 0.6) is 0 Å². The first-order chi connectivity index (χ1) is 8.75. The van der Waals surface area contributed by atoms with Crippen LogP contribution in [0.25, 0.3) is 0 Å². The first-order valence-electron chi connectivity index (χ1n) is 4.40. The van der Waals surface area contributed by atoms with Crippen molar-refractivity contribution in [1.29, 1.82) is 0 Å². The summed E-state index contributed by atoms with van der Waals surface area (Å²) in [5.41, 5.74) is -7.89. The monoisotopic (exact) mass is 350 g/mol. The predicted molar refractivity (Wildman–Crippen MR) is 34.6 cm³/mol. The van der Waals surface area contributed by atoms with Gasteiger partial charge in [0, 0.05) is 0 Å². The third-order valence-electron chi connectivity index (χ3n) is 2.84. The second-order valence-electron chi connectivity index (χ2n) is 4.03. The number of halogens is 14. The summed E-state index contributed by atoms with van der Waals surface area (Å²) in [5, 5.41) is 0. The van der Waals surface area contributed by atoms with Gasteiger partial charge in [-0.1, -0.05) is 0 Å². The van der Waals surface area contributed by atoms with Gasteiger partial charge in [-0.2, -0.15) is 57.1 Å². The van der Waals surface area contributed by atoms with Crippen LogP contribution in [0, 0.1) is 0 Å². The maximum absolute atomic E-state index is 13.2. The molecule has 1 aliphatic rings. The van der Waals surface area contributed by atoms with Crippen LogP contribution >= 0.6 is 0 Å². The summed E-state index contributed by atoms with van der Waals surface area (Å²) in [6.07, 6.45) is -7.56. The number of alkyl halides is 14. The summed E-state index contributed by atoms with van der Waals surface area (Å²) < 4.78 is 175. The molecule has 21 heavy (non-hydrogen) atoms. The fourth-order valence-electron chi connectivity index (χ4n) is 1.61. The van der Waals surface area contributed by atoms with E-state index in [9.17, 15) is 61.5 Å². The van der Waals surface area contributed by atoms with Crippen molar-refractivity contribution >= 4 is 0 Å². The fourth-order valence-corrected chi connectivity index (χ4v) is 1.61. The zero-order valence-electron chi connectivity index (χ0n) is 8.79. The van der Waals surface area contributed by atoms with Crippen molar-refractivity contribution in [3.05, 3.63) is 0 Å². The average molecular weight is 350 g/mol. The molecule has 0 aromatic rings. The predicted octanol–water partition coefficient (Wildman–Crippen LogP) is 4.45. The Bertz CT molecular complexity index is 415. The van der Waals surface area contributed by atoms with E-state index in [1.54, 1.807) is 0 Å². The smallest absolute Gasteiger partial charge is 0.223 e. The van der Waals surface area contributed by atoms with Gasteiger partial charge in [-0.05, 0) is 0 Å². The molecule has 0 aromatic carbocycles. The van der Waals surface area contributed by atoms with Crippen molar-refractivity contribution in [2.45, 2.75) is 41.5 Å². The largest absolute Gasteiger partial charge is 0.457 e. The van der Waals surface area contributed by atoms with Gasteiger partial charge in [0.2, 0.25) is 0 Å². The molecule has 0 spiro atoms. The average Bonchev–Trinajstić information content (AvgIpc) is 2.28. The van der Waals surface area contributed by atoms with Crippen LogP contribution in [-0.4, -0.2) is 41.5 Å². The van der Waals surface area contributed by atoms with E-state index in [2.05, 4.69) is 0 Å². The Hall–Kier alpha value is -0.980. The lowest BCUT2D eigenvalue weighted by Crippen LogP contribution is -2.69. The lowest BCUT2D eigenvalue weighted by Gasteiger charge is -2.37. The molecule has 14 heteroatoms. The van der Waals surface area contributed by atoms with Gasteiger partial charge >= 0.3 is 41.5 Å². The Morgan fingerprint density at radius 1 is 0.429 bits per heavy atom. The molecule has 1 fully saturated rings. The van der Waals surface area contributed by atoms with E-state index in [1.165, 1.54) is 0 Å². The van der Waals surface area contributed by atoms with E-state index in [4.69, 9.17) is 0 Å². The maximum atomic E-state index is 13.2. The normalized spacial score (nSPS) is 29.4. The van der Waals surface area contributed by atoms with Crippen molar-refractivity contribution in [2.75, 3.05) is 0 Å². The van der Waals surface area contributed by atoms with E-state index in [-0.39, 0.29) is 0 Å². The van der Waals surface area contributed by atoms with Crippen molar-refractivity contribution in [3.8, 4) is 0 Å². The summed E-state index contributed by atoms with van der Waals surface area (Å²) in [6.45, 7) is 0. The lowest BCUT2D eigenvalue weighted by molar-refractivity contribution is -0.397. The molecule has 0 unspecified atom stereocenters. The highest BCUT2D eigenvalue weighted by Crippen LogP contribution is 2.73. The highest BCUT2D eigenvalue weighted by atomic mass is 19.4. The van der Waals surface area contributed by atoms with Crippen LogP contribution in [0.4, 0.5) is 61.5 Å². The maximum Gasteiger partial charge on any atom is 0.457 e. The van der Waals surface area contributed by atoms with Gasteiger partial charge in [0.15, 0.2) is 0 Å². The van der Waals surface area contributed by atoms with Gasteiger partial charge in [-0.25, -0.2) is 4.39 Å². The standard InChI is InChI=1S/C7F14/c8-1(4(13,14)7(19,20)21)2(9,10)5(15,16)6(17,18)3(1,11)12. The van der Waals surface area contributed by atoms with Crippen LogP contribution in [0.15, 0.2) is 0 Å². The topological polar surface area (TPSA) is 0 Å². The number of rotatable bonds is 1. The van der Waals surface area contributed by atoms with Crippen LogP contribution < -0.4 is 0 Å². The Morgan fingerprint density at radius 2 is 0.667 bits per heavy atom. The summed E-state index contributed by atoms with van der Waals surface area (Å²) in [6, 6.07) is 0. The molecule has 1 saturated carbocycles. The lowest BCUT2D eigenvalue weighted by atomic mass is 9.88. The SMILES string of the molecule is FC(F)(F)C(F)(F)C1(F)C(F)(F)C(F)(F)C(F)(F)C1(F)F. The molecule has 0 aliphatic heterocycles. The van der Waals surface area contributed by atoms with E-state index in [0.717, 1.165) is 0 Å². The van der Waals surface area contributed by atoms with Crippen molar-refractivity contribution in [1.82, 2.24) is 0 Å². The molecule has 0 N–H and O–H groups in total. The minimum Gasteiger partial charge on any atom is -0.223 e. The Labute approximate surface area is 104 Å². The summed E-state index contributed by atoms with van der Waals surface area (Å²) in [5.74, 6) is -38.3. The number of hydrogen-bond donors (Lipinski definition) is 0. The van der Waals surface area contributed by atoms with Gasteiger partial charge in [0.1, 0.15) is 0 Å². The van der Waals surface area contributed by atoms with Gasteiger partial charge in [0.05, 0.1) is 0 Å². The first-order valence-corrected chi connectivity index (χ1v) is 4.40. The molecule has 0 saturated heterocycles. The second-order valence-corrected chi connectivity index (χ2v) is 4.03. The molecule has 0 heterocycles. The molecule has 0 nitrogen and oxygen atoms in total. The first kappa shape index (κ1) is 18.1. The van der Waals surface area contributed by atoms with Crippen LogP contribution in [0.1, 0.15) is 0 Å². The number of hydrogen-bond acceptors (Lipinski definition) is 0. The van der Waals surface area contributed by atoms with Crippen LogP contribution in [0.2, 0.25) is 0 Å². The zero-order valence-corrected chi connectivity index (χ0v) is 8.79. The van der Waals surface area contributed by atoms with E-state index < -0.39 is 41.5 Å². The van der Waals surface area contributed by atoms with Crippen molar-refractivity contribution in [2.24, 2.45) is 0 Å². The minimum absolute atomic E-state index is 7.49. The molecular formula is C7F14. The second kappa shape index (κ2) is 3.67. The zero-order chi connectivity index (χ0) is 17.5. The van der Waals surface area contributed by atoms with Crippen LogP contribution in [0.3, 0.4) is 0 Å². The highest BCUT2D eigenvalue weighted by Gasteiger charge is 3.07. The van der Waals surface area contributed by atoms with Gasteiger partial charge < -0.3 is 0 Å². The quantitative estimate of drug-likeness (QED) is 0.613. The molecule has 1 rings (SSSR count). The molecule has 0 radical (unpaired) electrons. The Kier molecular flexibility index (Phi) is 3.16. The minimum atomic E-state index is -7.89. The Morgan fingerprint density at radius 3 is 0.857 bits per heavy atom.